The van der Waals surface area contributed by atoms with Gasteiger partial charge in [-0.15, -0.1) is 0 Å². The van der Waals surface area contributed by atoms with E-state index >= 15 is 0 Å². The van der Waals surface area contributed by atoms with Crippen LogP contribution in [0.25, 0.3) is 0 Å². The molecule has 0 saturated heterocycles. The summed E-state index contributed by atoms with van der Waals surface area (Å²) in [6, 6.07) is 10.3. The Morgan fingerprint density at radius 1 is 0.947 bits per heavy atom. The van der Waals surface area contributed by atoms with Gasteiger partial charge in [0.1, 0.15) is 0 Å². The first-order valence-electron chi connectivity index (χ1n) is 6.76. The predicted octanol–water partition coefficient (Wildman–Crippen LogP) is 3.75. The van der Waals surface area contributed by atoms with Crippen LogP contribution in [0.15, 0.2) is 30.3 Å². The SMILES string of the molecule is CCO[Si](OCC)(OCC)C(CBr)c1ccccc1. The normalized spacial score (nSPS) is 13.5. The van der Waals surface area contributed by atoms with Gasteiger partial charge in [-0.25, -0.2) is 0 Å². The molecule has 0 radical (unpaired) electrons. The van der Waals surface area contributed by atoms with E-state index in [9.17, 15) is 0 Å². The maximum atomic E-state index is 5.98. The van der Waals surface area contributed by atoms with Crippen LogP contribution in [0.1, 0.15) is 31.9 Å². The van der Waals surface area contributed by atoms with Crippen molar-refractivity contribution in [3.63, 3.8) is 0 Å². The Morgan fingerprint density at radius 3 is 1.79 bits per heavy atom. The second-order valence-electron chi connectivity index (χ2n) is 4.02. The maximum absolute atomic E-state index is 5.98. The molecule has 0 aromatic heterocycles. The van der Waals surface area contributed by atoms with Gasteiger partial charge in [0.2, 0.25) is 0 Å². The highest BCUT2D eigenvalue weighted by Crippen LogP contribution is 2.31. The Hall–Kier alpha value is -0.203. The van der Waals surface area contributed by atoms with Crippen molar-refractivity contribution in [2.75, 3.05) is 25.2 Å². The van der Waals surface area contributed by atoms with Crippen molar-refractivity contribution >= 4 is 24.7 Å². The van der Waals surface area contributed by atoms with E-state index in [1.165, 1.54) is 5.56 Å². The van der Waals surface area contributed by atoms with Crippen molar-refractivity contribution in [1.29, 1.82) is 0 Å². The summed E-state index contributed by atoms with van der Waals surface area (Å²) in [7, 11) is -2.71. The molecule has 1 atom stereocenters. The number of rotatable bonds is 9. The Balaban J connectivity index is 3.10. The second-order valence-corrected chi connectivity index (χ2v) is 7.44. The Morgan fingerprint density at radius 2 is 1.42 bits per heavy atom. The predicted molar refractivity (Wildman–Crippen MR) is 83.6 cm³/mol. The molecule has 0 N–H and O–H groups in total. The van der Waals surface area contributed by atoms with E-state index in [0.29, 0.717) is 19.8 Å². The highest BCUT2D eigenvalue weighted by atomic mass is 79.9. The lowest BCUT2D eigenvalue weighted by atomic mass is 10.2. The molecule has 0 aliphatic heterocycles. The van der Waals surface area contributed by atoms with Crippen LogP contribution in [0, 0.1) is 0 Å². The van der Waals surface area contributed by atoms with Crippen LogP contribution in [-0.4, -0.2) is 34.0 Å². The summed E-state index contributed by atoms with van der Waals surface area (Å²) in [6.45, 7) is 7.75. The van der Waals surface area contributed by atoms with E-state index < -0.39 is 8.80 Å². The summed E-state index contributed by atoms with van der Waals surface area (Å²) >= 11 is 3.59. The molecule has 19 heavy (non-hydrogen) atoms. The zero-order valence-electron chi connectivity index (χ0n) is 11.9. The molecule has 1 aromatic carbocycles. The van der Waals surface area contributed by atoms with E-state index in [4.69, 9.17) is 13.3 Å². The molecule has 0 saturated carbocycles. The van der Waals surface area contributed by atoms with Crippen LogP contribution < -0.4 is 0 Å². The average Bonchev–Trinajstić information content (AvgIpc) is 2.41. The summed E-state index contributed by atoms with van der Waals surface area (Å²) in [6.07, 6.45) is 0. The van der Waals surface area contributed by atoms with Crippen LogP contribution in [0.2, 0.25) is 0 Å². The van der Waals surface area contributed by atoms with Crippen molar-refractivity contribution in [3.05, 3.63) is 35.9 Å². The van der Waals surface area contributed by atoms with E-state index in [1.54, 1.807) is 0 Å². The molecule has 5 heteroatoms. The first-order valence-corrected chi connectivity index (χ1v) is 9.69. The Kier molecular flexibility index (Phi) is 7.86. The van der Waals surface area contributed by atoms with Crippen molar-refractivity contribution in [3.8, 4) is 0 Å². The van der Waals surface area contributed by atoms with E-state index in [-0.39, 0.29) is 5.54 Å². The lowest BCUT2D eigenvalue weighted by Gasteiger charge is -2.34. The number of halogens is 1. The number of benzene rings is 1. The van der Waals surface area contributed by atoms with Gasteiger partial charge in [0.05, 0.1) is 5.54 Å². The zero-order chi connectivity index (χ0) is 14.1. The fourth-order valence-corrected chi connectivity index (χ4v) is 6.52. The largest absolute Gasteiger partial charge is 0.509 e. The third kappa shape index (κ3) is 4.39. The van der Waals surface area contributed by atoms with Gasteiger partial charge in [0.25, 0.3) is 0 Å². The van der Waals surface area contributed by atoms with E-state index in [2.05, 4.69) is 28.1 Å². The molecule has 0 heterocycles. The molecule has 108 valence electrons. The van der Waals surface area contributed by atoms with Gasteiger partial charge in [-0.2, -0.15) is 0 Å². The summed E-state index contributed by atoms with van der Waals surface area (Å²) in [5.74, 6) is 0. The molecule has 1 unspecified atom stereocenters. The van der Waals surface area contributed by atoms with Gasteiger partial charge in [0, 0.05) is 25.2 Å². The van der Waals surface area contributed by atoms with Crippen LogP contribution in [0.5, 0.6) is 0 Å². The lowest BCUT2D eigenvalue weighted by Crippen LogP contribution is -2.52. The quantitative estimate of drug-likeness (QED) is 0.503. The van der Waals surface area contributed by atoms with Crippen molar-refractivity contribution in [2.45, 2.75) is 26.3 Å². The van der Waals surface area contributed by atoms with Crippen LogP contribution in [0.4, 0.5) is 0 Å². The van der Waals surface area contributed by atoms with Crippen LogP contribution >= 0.6 is 15.9 Å². The third-order valence-electron chi connectivity index (χ3n) is 2.82. The van der Waals surface area contributed by atoms with Crippen molar-refractivity contribution in [2.24, 2.45) is 0 Å². The highest BCUT2D eigenvalue weighted by molar-refractivity contribution is 9.09. The molecule has 1 rings (SSSR count). The highest BCUT2D eigenvalue weighted by Gasteiger charge is 2.49. The second kappa shape index (κ2) is 8.87. The lowest BCUT2D eigenvalue weighted by molar-refractivity contribution is 0.0639. The molecule has 0 aliphatic rings. The standard InChI is InChI=1S/C14H23BrO3Si/c1-4-16-19(17-5-2,18-6-3)14(12-15)13-10-8-7-9-11-13/h7-11,14H,4-6,12H2,1-3H3. The number of alkyl halides is 1. The van der Waals surface area contributed by atoms with Gasteiger partial charge in [-0.05, 0) is 26.3 Å². The van der Waals surface area contributed by atoms with E-state index in [0.717, 1.165) is 5.33 Å². The maximum Gasteiger partial charge on any atom is 0.509 e. The average molecular weight is 347 g/mol. The Labute approximate surface area is 125 Å². The van der Waals surface area contributed by atoms with Gasteiger partial charge >= 0.3 is 8.80 Å². The topological polar surface area (TPSA) is 27.7 Å². The molecule has 3 nitrogen and oxygen atoms in total. The fourth-order valence-electron chi connectivity index (χ4n) is 2.10. The smallest absolute Gasteiger partial charge is 0.373 e. The summed E-state index contributed by atoms with van der Waals surface area (Å²) in [4.78, 5) is 0. The van der Waals surface area contributed by atoms with Gasteiger partial charge in [-0.3, -0.25) is 0 Å². The molecule has 0 aliphatic carbocycles. The van der Waals surface area contributed by atoms with Crippen molar-refractivity contribution < 1.29 is 13.3 Å². The first-order chi connectivity index (χ1) is 9.24. The number of hydrogen-bond donors (Lipinski definition) is 0. The fraction of sp³-hybridized carbons (Fsp3) is 0.571. The molecule has 0 fully saturated rings. The summed E-state index contributed by atoms with van der Waals surface area (Å²) < 4.78 is 17.9. The first kappa shape index (κ1) is 16.9. The minimum absolute atomic E-state index is 0.119. The zero-order valence-corrected chi connectivity index (χ0v) is 14.5. The minimum Gasteiger partial charge on any atom is -0.373 e. The Bertz CT molecular complexity index is 331. The molecule has 0 amide bonds. The van der Waals surface area contributed by atoms with Gasteiger partial charge < -0.3 is 13.3 Å². The summed E-state index contributed by atoms with van der Waals surface area (Å²) in [5, 5.41) is 0.767. The molecule has 0 spiro atoms. The molecular formula is C14H23BrO3Si. The monoisotopic (exact) mass is 346 g/mol. The van der Waals surface area contributed by atoms with Gasteiger partial charge in [-0.1, -0.05) is 46.3 Å². The molecular weight excluding hydrogens is 324 g/mol. The molecule has 0 bridgehead atoms. The molecule has 1 aromatic rings. The van der Waals surface area contributed by atoms with Crippen molar-refractivity contribution in [1.82, 2.24) is 0 Å². The summed E-state index contributed by atoms with van der Waals surface area (Å²) in [5.41, 5.74) is 1.31. The minimum atomic E-state index is -2.71. The number of hydrogen-bond acceptors (Lipinski definition) is 3. The third-order valence-corrected chi connectivity index (χ3v) is 7.53. The van der Waals surface area contributed by atoms with E-state index in [1.807, 2.05) is 39.0 Å². The van der Waals surface area contributed by atoms with Gasteiger partial charge in [0.15, 0.2) is 0 Å². The van der Waals surface area contributed by atoms with Crippen LogP contribution in [-0.2, 0) is 13.3 Å². The van der Waals surface area contributed by atoms with Crippen LogP contribution in [0.3, 0.4) is 0 Å².